The standard InChI is InChI=1S/C14H16O.C8H16O2.C2H6/c1-11(2)15-10-12-7-8-13-5-3-4-6-14(13)9-12;1-6(2)7(9)10-8(3,4)5;1-2/h3-9,11H,10H2,1-2H3;6H,1-5H3;1-2H3. The molecule has 0 spiro atoms. The van der Waals surface area contributed by atoms with Crippen molar-refractivity contribution >= 4 is 16.7 Å². The van der Waals surface area contributed by atoms with Gasteiger partial charge in [0.1, 0.15) is 5.60 Å². The zero-order chi connectivity index (χ0) is 21.0. The van der Waals surface area contributed by atoms with E-state index in [0.29, 0.717) is 6.61 Å². The molecule has 0 aliphatic carbocycles. The fourth-order valence-corrected chi connectivity index (χ4v) is 2.01. The van der Waals surface area contributed by atoms with Crippen LogP contribution in [-0.4, -0.2) is 17.7 Å². The zero-order valence-electron chi connectivity index (χ0n) is 18.6. The fraction of sp³-hybridized carbons (Fsp3) is 0.542. The Balaban J connectivity index is 0.000000495. The Bertz CT molecular complexity index is 667. The Morgan fingerprint density at radius 3 is 1.93 bits per heavy atom. The van der Waals surface area contributed by atoms with Gasteiger partial charge in [0.05, 0.1) is 18.6 Å². The lowest BCUT2D eigenvalue weighted by Gasteiger charge is -2.20. The van der Waals surface area contributed by atoms with Crippen molar-refractivity contribution in [3.63, 3.8) is 0 Å². The predicted molar refractivity (Wildman–Crippen MR) is 116 cm³/mol. The highest BCUT2D eigenvalue weighted by Gasteiger charge is 2.18. The minimum absolute atomic E-state index is 0.0285. The molecule has 3 heteroatoms. The van der Waals surface area contributed by atoms with Crippen molar-refractivity contribution in [2.24, 2.45) is 5.92 Å². The number of fused-ring (bicyclic) bond motifs is 1. The molecule has 0 bridgehead atoms. The number of rotatable bonds is 4. The first kappa shape index (κ1) is 25.1. The SMILES string of the molecule is CC.CC(C)C(=O)OC(C)(C)C.CC(C)OCc1ccc2ccccc2c1. The third kappa shape index (κ3) is 11.4. The van der Waals surface area contributed by atoms with Crippen LogP contribution in [0.15, 0.2) is 42.5 Å². The number of hydrogen-bond donors (Lipinski definition) is 0. The number of benzene rings is 2. The predicted octanol–water partition coefficient (Wildman–Crippen LogP) is 6.78. The van der Waals surface area contributed by atoms with Crippen molar-refractivity contribution in [2.75, 3.05) is 0 Å². The van der Waals surface area contributed by atoms with Gasteiger partial charge in [0, 0.05) is 0 Å². The Kier molecular flexibility index (Phi) is 11.6. The van der Waals surface area contributed by atoms with Crippen LogP contribution < -0.4 is 0 Å². The summed E-state index contributed by atoms with van der Waals surface area (Å²) in [6, 6.07) is 14.9. The van der Waals surface area contributed by atoms with Crippen LogP contribution in [0.5, 0.6) is 0 Å². The first-order valence-corrected chi connectivity index (χ1v) is 9.90. The number of hydrogen-bond acceptors (Lipinski definition) is 3. The molecule has 0 aromatic heterocycles. The van der Waals surface area contributed by atoms with Crippen molar-refractivity contribution in [3.05, 3.63) is 48.0 Å². The molecule has 3 nitrogen and oxygen atoms in total. The van der Waals surface area contributed by atoms with Gasteiger partial charge in [-0.2, -0.15) is 0 Å². The van der Waals surface area contributed by atoms with Crippen LogP contribution in [-0.2, 0) is 20.9 Å². The zero-order valence-corrected chi connectivity index (χ0v) is 18.6. The molecule has 0 unspecified atom stereocenters. The van der Waals surface area contributed by atoms with E-state index in [0.717, 1.165) is 0 Å². The van der Waals surface area contributed by atoms with Crippen LogP contribution in [0.25, 0.3) is 10.8 Å². The molecule has 0 fully saturated rings. The van der Waals surface area contributed by atoms with Crippen LogP contribution >= 0.6 is 0 Å². The summed E-state index contributed by atoms with van der Waals surface area (Å²) in [5.74, 6) is -0.160. The van der Waals surface area contributed by atoms with Gasteiger partial charge in [-0.25, -0.2) is 0 Å². The number of ether oxygens (including phenoxy) is 2. The summed E-state index contributed by atoms with van der Waals surface area (Å²) in [5.41, 5.74) is 0.892. The summed E-state index contributed by atoms with van der Waals surface area (Å²) in [7, 11) is 0. The normalized spacial score (nSPS) is 10.8. The van der Waals surface area contributed by atoms with E-state index in [-0.39, 0.29) is 23.6 Å². The molecule has 2 rings (SSSR count). The fourth-order valence-electron chi connectivity index (χ4n) is 2.01. The lowest BCUT2D eigenvalue weighted by atomic mass is 10.1. The van der Waals surface area contributed by atoms with Gasteiger partial charge in [-0.1, -0.05) is 64.1 Å². The Morgan fingerprint density at radius 2 is 1.48 bits per heavy atom. The monoisotopic (exact) mass is 374 g/mol. The molecule has 0 saturated carbocycles. The molecule has 0 N–H and O–H groups in total. The van der Waals surface area contributed by atoms with Crippen LogP contribution in [0.2, 0.25) is 0 Å². The summed E-state index contributed by atoms with van der Waals surface area (Å²) in [6.45, 7) is 18.1. The Morgan fingerprint density at radius 1 is 0.926 bits per heavy atom. The van der Waals surface area contributed by atoms with E-state index in [2.05, 4.69) is 56.3 Å². The molecule has 0 heterocycles. The molecule has 0 amide bonds. The maximum absolute atomic E-state index is 10.9. The molecular formula is C24H38O3. The van der Waals surface area contributed by atoms with Crippen LogP contribution in [0.3, 0.4) is 0 Å². The lowest BCUT2D eigenvalue weighted by molar-refractivity contribution is -0.158. The van der Waals surface area contributed by atoms with E-state index >= 15 is 0 Å². The van der Waals surface area contributed by atoms with Crippen molar-refractivity contribution in [1.29, 1.82) is 0 Å². The van der Waals surface area contributed by atoms with Crippen molar-refractivity contribution in [2.45, 2.75) is 80.6 Å². The smallest absolute Gasteiger partial charge is 0.308 e. The highest BCUT2D eigenvalue weighted by atomic mass is 16.6. The van der Waals surface area contributed by atoms with Gasteiger partial charge < -0.3 is 9.47 Å². The van der Waals surface area contributed by atoms with Gasteiger partial charge in [0.25, 0.3) is 0 Å². The van der Waals surface area contributed by atoms with Gasteiger partial charge in [0.2, 0.25) is 0 Å². The minimum atomic E-state index is -0.346. The number of carbonyl (C=O) groups is 1. The highest BCUT2D eigenvalue weighted by Crippen LogP contribution is 2.16. The van der Waals surface area contributed by atoms with E-state index < -0.39 is 0 Å². The van der Waals surface area contributed by atoms with Crippen LogP contribution in [0.1, 0.15) is 67.9 Å². The quantitative estimate of drug-likeness (QED) is 0.554. The summed E-state index contributed by atoms with van der Waals surface area (Å²) in [5, 5.41) is 2.56. The van der Waals surface area contributed by atoms with Gasteiger partial charge in [0.15, 0.2) is 0 Å². The Labute approximate surface area is 166 Å². The molecule has 2 aromatic carbocycles. The van der Waals surface area contributed by atoms with Crippen molar-refractivity contribution < 1.29 is 14.3 Å². The first-order valence-electron chi connectivity index (χ1n) is 9.90. The lowest BCUT2D eigenvalue weighted by Crippen LogP contribution is -2.26. The molecule has 0 aliphatic heterocycles. The first-order chi connectivity index (χ1) is 12.6. The number of esters is 1. The molecule has 0 aliphatic rings. The van der Waals surface area contributed by atoms with E-state index in [4.69, 9.17) is 9.47 Å². The van der Waals surface area contributed by atoms with E-state index in [1.807, 2.05) is 48.5 Å². The van der Waals surface area contributed by atoms with Gasteiger partial charge >= 0.3 is 5.97 Å². The average Bonchev–Trinajstić information content (AvgIpc) is 2.60. The van der Waals surface area contributed by atoms with E-state index in [1.165, 1.54) is 16.3 Å². The molecule has 27 heavy (non-hydrogen) atoms. The summed E-state index contributed by atoms with van der Waals surface area (Å²) in [6.07, 6.45) is 0.288. The van der Waals surface area contributed by atoms with Crippen molar-refractivity contribution in [1.82, 2.24) is 0 Å². The second kappa shape index (κ2) is 12.5. The average molecular weight is 375 g/mol. The summed E-state index contributed by atoms with van der Waals surface area (Å²) in [4.78, 5) is 10.9. The summed E-state index contributed by atoms with van der Waals surface area (Å²) < 4.78 is 10.6. The van der Waals surface area contributed by atoms with Gasteiger partial charge in [-0.3, -0.25) is 4.79 Å². The maximum Gasteiger partial charge on any atom is 0.308 e. The molecule has 2 aromatic rings. The largest absolute Gasteiger partial charge is 0.460 e. The van der Waals surface area contributed by atoms with E-state index in [9.17, 15) is 4.79 Å². The molecule has 0 radical (unpaired) electrons. The number of carbonyl (C=O) groups excluding carboxylic acids is 1. The maximum atomic E-state index is 10.9. The highest BCUT2D eigenvalue weighted by molar-refractivity contribution is 5.82. The Hall–Kier alpha value is -1.87. The topological polar surface area (TPSA) is 35.5 Å². The molecular weight excluding hydrogens is 336 g/mol. The molecule has 0 saturated heterocycles. The second-order valence-corrected chi connectivity index (χ2v) is 7.73. The summed E-state index contributed by atoms with van der Waals surface area (Å²) >= 11 is 0. The van der Waals surface area contributed by atoms with E-state index in [1.54, 1.807) is 0 Å². The van der Waals surface area contributed by atoms with Crippen molar-refractivity contribution in [3.8, 4) is 0 Å². The minimum Gasteiger partial charge on any atom is -0.460 e. The third-order valence-electron chi connectivity index (χ3n) is 3.28. The van der Waals surface area contributed by atoms with Gasteiger partial charge in [-0.15, -0.1) is 0 Å². The van der Waals surface area contributed by atoms with Crippen LogP contribution in [0.4, 0.5) is 0 Å². The molecule has 0 atom stereocenters. The van der Waals surface area contributed by atoms with Crippen LogP contribution in [0, 0.1) is 5.92 Å². The molecule has 152 valence electrons. The second-order valence-electron chi connectivity index (χ2n) is 7.73. The van der Waals surface area contributed by atoms with Gasteiger partial charge in [-0.05, 0) is 57.0 Å². The third-order valence-corrected chi connectivity index (χ3v) is 3.28.